The van der Waals surface area contributed by atoms with Gasteiger partial charge in [0.25, 0.3) is 0 Å². The van der Waals surface area contributed by atoms with Crippen molar-refractivity contribution < 1.29 is 5.11 Å². The van der Waals surface area contributed by atoms with Crippen LogP contribution >= 0.6 is 0 Å². The Morgan fingerprint density at radius 3 is 3.00 bits per heavy atom. The van der Waals surface area contributed by atoms with Gasteiger partial charge in [0.05, 0.1) is 11.7 Å². The van der Waals surface area contributed by atoms with Crippen LogP contribution in [0.1, 0.15) is 36.5 Å². The van der Waals surface area contributed by atoms with Gasteiger partial charge in [-0.3, -0.25) is 4.90 Å². The molecule has 1 atom stereocenters. The maximum atomic E-state index is 10.3. The number of rotatable bonds is 6. The first-order chi connectivity index (χ1) is 12.8. The molecule has 0 aliphatic heterocycles. The summed E-state index contributed by atoms with van der Waals surface area (Å²) in [6.07, 6.45) is 9.36. The van der Waals surface area contributed by atoms with Gasteiger partial charge < -0.3 is 5.11 Å². The molecule has 0 fully saturated rings. The standard InChI is InChI=1S/C22H27N3O/c1-2-12-24(14-11-18-16-23-25-13-4-3-7-21(18)25)19-10-9-17-6-5-8-22(26)20(17)15-19/h3-8,13,16,19,26H,2,9-12,14-15H2,1H3. The lowest BCUT2D eigenvalue weighted by molar-refractivity contribution is 0.181. The summed E-state index contributed by atoms with van der Waals surface area (Å²) in [5.41, 5.74) is 4.99. The first-order valence-electron chi connectivity index (χ1n) is 9.71. The minimum Gasteiger partial charge on any atom is -0.508 e. The molecule has 136 valence electrons. The third kappa shape index (κ3) is 3.34. The third-order valence-corrected chi connectivity index (χ3v) is 5.64. The maximum absolute atomic E-state index is 10.3. The summed E-state index contributed by atoms with van der Waals surface area (Å²) in [5.74, 6) is 0.464. The normalized spacial score (nSPS) is 16.9. The summed E-state index contributed by atoms with van der Waals surface area (Å²) in [6, 6.07) is 12.7. The van der Waals surface area contributed by atoms with E-state index in [1.165, 1.54) is 23.1 Å². The molecule has 1 aliphatic rings. The fraction of sp³-hybridized carbons (Fsp3) is 0.409. The summed E-state index contributed by atoms with van der Waals surface area (Å²) in [4.78, 5) is 2.61. The first-order valence-corrected chi connectivity index (χ1v) is 9.71. The predicted octanol–water partition coefficient (Wildman–Crippen LogP) is 3.85. The number of aromatic hydroxyl groups is 1. The number of benzene rings is 1. The van der Waals surface area contributed by atoms with E-state index in [4.69, 9.17) is 0 Å². The summed E-state index contributed by atoms with van der Waals surface area (Å²) in [5, 5.41) is 14.7. The van der Waals surface area contributed by atoms with Crippen LogP contribution in [0.5, 0.6) is 5.75 Å². The predicted molar refractivity (Wildman–Crippen MR) is 105 cm³/mol. The van der Waals surface area contributed by atoms with Crippen LogP contribution in [0.4, 0.5) is 0 Å². The Labute approximate surface area is 155 Å². The van der Waals surface area contributed by atoms with E-state index >= 15 is 0 Å². The molecule has 3 aromatic rings. The fourth-order valence-corrected chi connectivity index (χ4v) is 4.27. The van der Waals surface area contributed by atoms with Gasteiger partial charge >= 0.3 is 0 Å². The molecule has 0 saturated heterocycles. The molecule has 1 N–H and O–H groups in total. The Hall–Kier alpha value is -2.33. The Morgan fingerprint density at radius 2 is 2.12 bits per heavy atom. The number of phenolic OH excluding ortho intramolecular Hbond substituents is 1. The fourth-order valence-electron chi connectivity index (χ4n) is 4.27. The van der Waals surface area contributed by atoms with Gasteiger partial charge in [-0.2, -0.15) is 5.10 Å². The van der Waals surface area contributed by atoms with Crippen molar-refractivity contribution in [1.82, 2.24) is 14.5 Å². The number of aryl methyl sites for hydroxylation is 1. The Bertz CT molecular complexity index is 886. The van der Waals surface area contributed by atoms with Gasteiger partial charge in [0, 0.05) is 18.8 Å². The highest BCUT2D eigenvalue weighted by atomic mass is 16.3. The molecular formula is C22H27N3O. The highest BCUT2D eigenvalue weighted by Gasteiger charge is 2.25. The molecule has 4 rings (SSSR count). The van der Waals surface area contributed by atoms with Crippen LogP contribution in [0.3, 0.4) is 0 Å². The minimum absolute atomic E-state index is 0.464. The van der Waals surface area contributed by atoms with E-state index < -0.39 is 0 Å². The Balaban J connectivity index is 1.49. The summed E-state index contributed by atoms with van der Waals surface area (Å²) < 4.78 is 1.95. The molecule has 1 unspecified atom stereocenters. The summed E-state index contributed by atoms with van der Waals surface area (Å²) in [6.45, 7) is 4.39. The molecule has 0 radical (unpaired) electrons. The number of hydrogen-bond donors (Lipinski definition) is 1. The lowest BCUT2D eigenvalue weighted by atomic mass is 9.86. The Kier molecular flexibility index (Phi) is 4.93. The SMILES string of the molecule is CCCN(CCc1cnn2ccccc12)C1CCc2cccc(O)c2C1. The quantitative estimate of drug-likeness (QED) is 0.735. The molecule has 0 amide bonds. The highest BCUT2D eigenvalue weighted by molar-refractivity contribution is 5.53. The average Bonchev–Trinajstić information content (AvgIpc) is 3.08. The van der Waals surface area contributed by atoms with Gasteiger partial charge in [-0.1, -0.05) is 25.1 Å². The molecule has 4 heteroatoms. The lowest BCUT2D eigenvalue weighted by Gasteiger charge is -2.35. The van der Waals surface area contributed by atoms with Crippen molar-refractivity contribution in [2.45, 2.75) is 45.1 Å². The Morgan fingerprint density at radius 1 is 1.19 bits per heavy atom. The van der Waals surface area contributed by atoms with Crippen molar-refractivity contribution in [1.29, 1.82) is 0 Å². The molecule has 2 aromatic heterocycles. The van der Waals surface area contributed by atoms with Crippen LogP contribution in [0.15, 0.2) is 48.8 Å². The molecule has 0 saturated carbocycles. The van der Waals surface area contributed by atoms with Gasteiger partial charge in [-0.25, -0.2) is 4.52 Å². The number of nitrogens with zero attached hydrogens (tertiary/aromatic N) is 3. The number of phenols is 1. The number of fused-ring (bicyclic) bond motifs is 2. The van der Waals surface area contributed by atoms with E-state index in [2.05, 4.69) is 35.1 Å². The number of pyridine rings is 1. The topological polar surface area (TPSA) is 40.8 Å². The van der Waals surface area contributed by atoms with Crippen molar-refractivity contribution in [2.24, 2.45) is 0 Å². The smallest absolute Gasteiger partial charge is 0.119 e. The van der Waals surface area contributed by atoms with Crippen LogP contribution < -0.4 is 0 Å². The monoisotopic (exact) mass is 349 g/mol. The number of aromatic nitrogens is 2. The van der Waals surface area contributed by atoms with Crippen molar-refractivity contribution in [3.8, 4) is 5.75 Å². The molecule has 0 spiro atoms. The van der Waals surface area contributed by atoms with Gasteiger partial charge in [0.2, 0.25) is 0 Å². The molecule has 2 heterocycles. The van der Waals surface area contributed by atoms with Gasteiger partial charge in [0.1, 0.15) is 5.75 Å². The van der Waals surface area contributed by atoms with E-state index in [9.17, 15) is 5.11 Å². The molecule has 4 nitrogen and oxygen atoms in total. The van der Waals surface area contributed by atoms with Crippen LogP contribution in [0.2, 0.25) is 0 Å². The van der Waals surface area contributed by atoms with Crippen molar-refractivity contribution >= 4 is 5.52 Å². The summed E-state index contributed by atoms with van der Waals surface area (Å²) in [7, 11) is 0. The largest absolute Gasteiger partial charge is 0.508 e. The van der Waals surface area contributed by atoms with Gasteiger partial charge in [0.15, 0.2) is 0 Å². The lowest BCUT2D eigenvalue weighted by Crippen LogP contribution is -2.41. The second-order valence-electron chi connectivity index (χ2n) is 7.30. The average molecular weight is 349 g/mol. The van der Waals surface area contributed by atoms with E-state index in [-0.39, 0.29) is 0 Å². The van der Waals surface area contributed by atoms with Crippen molar-refractivity contribution in [3.05, 3.63) is 65.5 Å². The van der Waals surface area contributed by atoms with E-state index in [1.54, 1.807) is 0 Å². The van der Waals surface area contributed by atoms with Crippen molar-refractivity contribution in [3.63, 3.8) is 0 Å². The molecule has 1 aromatic carbocycles. The second-order valence-corrected chi connectivity index (χ2v) is 7.30. The maximum Gasteiger partial charge on any atom is 0.119 e. The summed E-state index contributed by atoms with van der Waals surface area (Å²) >= 11 is 0. The van der Waals surface area contributed by atoms with Crippen LogP contribution in [-0.4, -0.2) is 38.8 Å². The zero-order valence-corrected chi connectivity index (χ0v) is 15.4. The van der Waals surface area contributed by atoms with Gasteiger partial charge in [-0.05, 0) is 73.5 Å². The minimum atomic E-state index is 0.464. The van der Waals surface area contributed by atoms with Crippen LogP contribution in [0.25, 0.3) is 5.52 Å². The molecule has 1 aliphatic carbocycles. The zero-order valence-electron chi connectivity index (χ0n) is 15.4. The second kappa shape index (κ2) is 7.50. The first kappa shape index (κ1) is 17.1. The zero-order chi connectivity index (χ0) is 17.9. The number of hydrogen-bond acceptors (Lipinski definition) is 3. The van der Waals surface area contributed by atoms with Crippen molar-refractivity contribution in [2.75, 3.05) is 13.1 Å². The van der Waals surface area contributed by atoms with Crippen LogP contribution in [-0.2, 0) is 19.3 Å². The molecule has 0 bridgehead atoms. The third-order valence-electron chi connectivity index (χ3n) is 5.64. The molecular weight excluding hydrogens is 322 g/mol. The highest BCUT2D eigenvalue weighted by Crippen LogP contribution is 2.31. The van der Waals surface area contributed by atoms with Crippen LogP contribution in [0, 0.1) is 0 Å². The van der Waals surface area contributed by atoms with E-state index in [1.807, 2.05) is 35.1 Å². The van der Waals surface area contributed by atoms with E-state index in [0.717, 1.165) is 44.3 Å². The van der Waals surface area contributed by atoms with E-state index in [0.29, 0.717) is 11.8 Å². The molecule has 26 heavy (non-hydrogen) atoms. The van der Waals surface area contributed by atoms with Gasteiger partial charge in [-0.15, -0.1) is 0 Å².